The summed E-state index contributed by atoms with van der Waals surface area (Å²) in [7, 11) is 0. The maximum atomic E-state index is 12.7. The van der Waals surface area contributed by atoms with E-state index in [1.165, 1.54) is 15.4 Å². The van der Waals surface area contributed by atoms with Crippen LogP contribution in [-0.4, -0.2) is 32.0 Å². The van der Waals surface area contributed by atoms with Crippen LogP contribution in [0.5, 0.6) is 0 Å². The Balaban J connectivity index is 1.77. The molecule has 5 heteroatoms. The van der Waals surface area contributed by atoms with Crippen LogP contribution in [0.3, 0.4) is 0 Å². The summed E-state index contributed by atoms with van der Waals surface area (Å²) in [6.45, 7) is 7.99. The Labute approximate surface area is 134 Å². The van der Waals surface area contributed by atoms with Crippen molar-refractivity contribution in [3.63, 3.8) is 0 Å². The summed E-state index contributed by atoms with van der Waals surface area (Å²) in [4.78, 5) is 15.7. The van der Waals surface area contributed by atoms with E-state index in [9.17, 15) is 4.79 Å². The Hall–Kier alpha value is -0.610. The molecular weight excluding hydrogens is 307 g/mol. The van der Waals surface area contributed by atoms with E-state index in [4.69, 9.17) is 23.2 Å². The highest BCUT2D eigenvalue weighted by atomic mass is 35.5. The lowest BCUT2D eigenvalue weighted by molar-refractivity contribution is -1.18. The van der Waals surface area contributed by atoms with Gasteiger partial charge in [0.25, 0.3) is 0 Å². The van der Waals surface area contributed by atoms with Crippen LogP contribution in [0.2, 0.25) is 10.0 Å². The SMILES string of the molecule is CC12C[NH+]3CC(C)(C[NH+](C1)C3c1ccc(Cl)cc1Cl)C2=O. The van der Waals surface area contributed by atoms with Crippen molar-refractivity contribution in [2.45, 2.75) is 20.0 Å². The predicted molar refractivity (Wildman–Crippen MR) is 81.8 cm³/mol. The van der Waals surface area contributed by atoms with Crippen molar-refractivity contribution in [3.8, 4) is 0 Å². The van der Waals surface area contributed by atoms with Crippen molar-refractivity contribution in [1.29, 1.82) is 0 Å². The van der Waals surface area contributed by atoms with Gasteiger partial charge in [-0.1, -0.05) is 23.2 Å². The van der Waals surface area contributed by atoms with Crippen molar-refractivity contribution in [1.82, 2.24) is 0 Å². The monoisotopic (exact) mass is 326 g/mol. The number of rotatable bonds is 1. The van der Waals surface area contributed by atoms with E-state index in [2.05, 4.69) is 19.9 Å². The number of hydrogen-bond donors (Lipinski definition) is 2. The molecule has 2 N–H and O–H groups in total. The van der Waals surface area contributed by atoms with E-state index < -0.39 is 0 Å². The smallest absolute Gasteiger partial charge is 0.241 e. The Morgan fingerprint density at radius 1 is 1.05 bits per heavy atom. The number of carbonyl (C=O) groups is 1. The number of quaternary nitrogens is 2. The van der Waals surface area contributed by atoms with Crippen molar-refractivity contribution in [2.75, 3.05) is 26.2 Å². The zero-order valence-corrected chi connectivity index (χ0v) is 13.8. The number of nitrogens with one attached hydrogen (secondary N) is 2. The topological polar surface area (TPSA) is 26.0 Å². The van der Waals surface area contributed by atoms with E-state index in [-0.39, 0.29) is 10.8 Å². The normalized spacial score (nSPS) is 44.4. The summed E-state index contributed by atoms with van der Waals surface area (Å²) in [5.41, 5.74) is 0.848. The molecule has 1 aromatic carbocycles. The largest absolute Gasteiger partial charge is 0.297 e. The summed E-state index contributed by atoms with van der Waals surface area (Å²) in [6, 6.07) is 5.81. The molecule has 0 atom stereocenters. The number of halogens is 2. The Morgan fingerprint density at radius 2 is 1.57 bits per heavy atom. The number of carbonyl (C=O) groups excluding carboxylic acids is 1. The minimum absolute atomic E-state index is 0.161. The van der Waals surface area contributed by atoms with Crippen LogP contribution in [0.1, 0.15) is 25.6 Å². The van der Waals surface area contributed by atoms with E-state index in [1.807, 2.05) is 12.1 Å². The van der Waals surface area contributed by atoms with Crippen LogP contribution in [-0.2, 0) is 4.79 Å². The zero-order chi connectivity index (χ0) is 15.0. The molecule has 4 bridgehead atoms. The van der Waals surface area contributed by atoms with Crippen molar-refractivity contribution < 1.29 is 14.6 Å². The molecule has 4 aliphatic rings. The van der Waals surface area contributed by atoms with Gasteiger partial charge < -0.3 is 0 Å². The lowest BCUT2D eigenvalue weighted by atomic mass is 9.62. The first-order chi connectivity index (χ1) is 9.82. The average molecular weight is 327 g/mol. The highest BCUT2D eigenvalue weighted by Crippen LogP contribution is 2.37. The first-order valence-electron chi connectivity index (χ1n) is 7.51. The first-order valence-corrected chi connectivity index (χ1v) is 8.27. The molecule has 4 fully saturated rings. The molecular formula is C16H20Cl2N2O+2. The van der Waals surface area contributed by atoms with Gasteiger partial charge in [0.2, 0.25) is 6.17 Å². The predicted octanol–water partition coefficient (Wildman–Crippen LogP) is 0.384. The molecule has 0 aromatic heterocycles. The molecule has 4 aliphatic heterocycles. The fourth-order valence-electron chi connectivity index (χ4n) is 5.18. The van der Waals surface area contributed by atoms with E-state index in [0.29, 0.717) is 17.0 Å². The Morgan fingerprint density at radius 3 is 2.05 bits per heavy atom. The lowest BCUT2D eigenvalue weighted by Gasteiger charge is -2.59. The van der Waals surface area contributed by atoms with Gasteiger partial charge in [-0.2, -0.15) is 0 Å². The van der Waals surface area contributed by atoms with Gasteiger partial charge in [0.15, 0.2) is 5.78 Å². The molecule has 0 aliphatic carbocycles. The quantitative estimate of drug-likeness (QED) is 0.767. The number of Topliss-reactive ketones (excluding diaryl/α,β-unsaturated/α-hetero) is 1. The highest BCUT2D eigenvalue weighted by Gasteiger charge is 2.68. The zero-order valence-electron chi connectivity index (χ0n) is 12.3. The third-order valence-electron chi connectivity index (χ3n) is 5.66. The van der Waals surface area contributed by atoms with Crippen molar-refractivity contribution >= 4 is 29.0 Å². The summed E-state index contributed by atoms with van der Waals surface area (Å²) in [6.07, 6.45) is 0.337. The molecule has 21 heavy (non-hydrogen) atoms. The first kappa shape index (κ1) is 14.0. The minimum atomic E-state index is -0.161. The molecule has 1 aromatic rings. The molecule has 0 saturated carbocycles. The number of piperidine rings is 2. The number of ketones is 1. The Kier molecular flexibility index (Phi) is 2.82. The standard InChI is InChI=1S/C16H18Cl2N2O/c1-15-6-19-8-16(2,14(15)21)9-20(7-15)13(19)11-4-3-10(17)5-12(11)18/h3-5,13H,6-9H2,1-2H3/p+2. The van der Waals surface area contributed by atoms with E-state index in [1.54, 1.807) is 0 Å². The van der Waals surface area contributed by atoms with Gasteiger partial charge in [-0.25, -0.2) is 0 Å². The average Bonchev–Trinajstić information content (AvgIpc) is 2.36. The molecule has 3 nitrogen and oxygen atoms in total. The van der Waals surface area contributed by atoms with Gasteiger partial charge in [0.05, 0.1) is 36.8 Å². The summed E-state index contributed by atoms with van der Waals surface area (Å²) >= 11 is 12.5. The summed E-state index contributed by atoms with van der Waals surface area (Å²) in [5, 5.41) is 1.43. The van der Waals surface area contributed by atoms with Crippen molar-refractivity contribution in [2.24, 2.45) is 10.8 Å². The fourth-order valence-corrected chi connectivity index (χ4v) is 5.69. The molecule has 0 unspecified atom stereocenters. The van der Waals surface area contributed by atoms with Crippen LogP contribution in [0.25, 0.3) is 0 Å². The van der Waals surface area contributed by atoms with Crippen molar-refractivity contribution in [3.05, 3.63) is 33.8 Å². The molecule has 5 rings (SSSR count). The molecule has 4 heterocycles. The van der Waals surface area contributed by atoms with Crippen LogP contribution in [0, 0.1) is 10.8 Å². The van der Waals surface area contributed by atoms with E-state index >= 15 is 0 Å². The number of hydrogen-bond acceptors (Lipinski definition) is 1. The maximum absolute atomic E-state index is 12.7. The van der Waals surface area contributed by atoms with Crippen LogP contribution in [0.15, 0.2) is 18.2 Å². The van der Waals surface area contributed by atoms with Gasteiger partial charge in [-0.05, 0) is 32.0 Å². The van der Waals surface area contributed by atoms with Crippen LogP contribution in [0.4, 0.5) is 0 Å². The summed E-state index contributed by atoms with van der Waals surface area (Å²) in [5.74, 6) is 0.475. The highest BCUT2D eigenvalue weighted by molar-refractivity contribution is 6.35. The van der Waals surface area contributed by atoms with Gasteiger partial charge in [0, 0.05) is 5.02 Å². The molecule has 0 radical (unpaired) electrons. The van der Waals surface area contributed by atoms with Gasteiger partial charge >= 0.3 is 0 Å². The second kappa shape index (κ2) is 4.23. The summed E-state index contributed by atoms with van der Waals surface area (Å²) < 4.78 is 0. The second-order valence-electron chi connectivity index (χ2n) is 7.57. The third kappa shape index (κ3) is 1.84. The molecule has 112 valence electrons. The Bertz CT molecular complexity index is 605. The van der Waals surface area contributed by atoms with E-state index in [0.717, 1.165) is 31.2 Å². The maximum Gasteiger partial charge on any atom is 0.241 e. The van der Waals surface area contributed by atoms with Crippen LogP contribution < -0.4 is 9.80 Å². The van der Waals surface area contributed by atoms with Crippen LogP contribution >= 0.6 is 23.2 Å². The molecule has 0 spiro atoms. The van der Waals surface area contributed by atoms with Gasteiger partial charge in [0.1, 0.15) is 10.8 Å². The minimum Gasteiger partial charge on any atom is -0.297 e. The molecule has 4 saturated heterocycles. The number of benzene rings is 1. The second-order valence-corrected chi connectivity index (χ2v) is 8.42. The van der Waals surface area contributed by atoms with Gasteiger partial charge in [-0.15, -0.1) is 0 Å². The molecule has 0 amide bonds. The lowest BCUT2D eigenvalue weighted by Crippen LogP contribution is -3.41. The van der Waals surface area contributed by atoms with Gasteiger partial charge in [-0.3, -0.25) is 14.6 Å². The third-order valence-corrected chi connectivity index (χ3v) is 6.22. The fraction of sp³-hybridized carbons (Fsp3) is 0.562.